The molecule has 2 heterocycles. The van der Waals surface area contributed by atoms with Crippen molar-refractivity contribution in [1.29, 1.82) is 0 Å². The molecule has 2 unspecified atom stereocenters. The molecule has 0 radical (unpaired) electrons. The Kier molecular flexibility index (Phi) is 3.75. The van der Waals surface area contributed by atoms with Crippen molar-refractivity contribution in [2.45, 2.75) is 43.5 Å². The van der Waals surface area contributed by atoms with Gasteiger partial charge in [-0.3, -0.25) is 10.1 Å². The summed E-state index contributed by atoms with van der Waals surface area (Å²) in [6.07, 6.45) is -1.79. The summed E-state index contributed by atoms with van der Waals surface area (Å²) in [5.74, 6) is -1.88. The zero-order chi connectivity index (χ0) is 16.7. The van der Waals surface area contributed by atoms with Crippen LogP contribution >= 0.6 is 0 Å². The van der Waals surface area contributed by atoms with Crippen molar-refractivity contribution in [3.8, 4) is 0 Å². The zero-order valence-corrected chi connectivity index (χ0v) is 12.1. The van der Waals surface area contributed by atoms with Gasteiger partial charge in [-0.05, 0) is 25.0 Å². The predicted octanol–water partition coefficient (Wildman–Crippen LogP) is 2.15. The van der Waals surface area contributed by atoms with E-state index in [0.717, 1.165) is 0 Å². The Morgan fingerprint density at radius 1 is 1.39 bits per heavy atom. The molecule has 0 aliphatic heterocycles. The molecular weight excluding hydrogens is 313 g/mol. The van der Waals surface area contributed by atoms with E-state index in [0.29, 0.717) is 24.3 Å². The molecule has 1 aliphatic carbocycles. The number of rotatable bonds is 2. The number of ether oxygens (including phenoxy) is 1. The van der Waals surface area contributed by atoms with E-state index in [9.17, 15) is 18.0 Å². The number of alkyl halides is 3. The lowest BCUT2D eigenvalue weighted by Gasteiger charge is -2.36. The molecule has 1 saturated carbocycles. The fraction of sp³-hybridized carbons (Fsp3) is 0.500. The third-order valence-corrected chi connectivity index (χ3v) is 3.98. The van der Waals surface area contributed by atoms with E-state index in [1.165, 1.54) is 0 Å². The number of hydrogen-bond acceptors (Lipinski definition) is 5. The lowest BCUT2D eigenvalue weighted by molar-refractivity contribution is -0.216. The van der Waals surface area contributed by atoms with E-state index in [-0.39, 0.29) is 18.8 Å². The Morgan fingerprint density at radius 3 is 2.91 bits per heavy atom. The van der Waals surface area contributed by atoms with Crippen LogP contribution in [0.15, 0.2) is 24.4 Å². The van der Waals surface area contributed by atoms with Crippen molar-refractivity contribution in [3.63, 3.8) is 0 Å². The van der Waals surface area contributed by atoms with Gasteiger partial charge in [-0.15, -0.1) is 10.2 Å². The van der Waals surface area contributed by atoms with E-state index >= 15 is 0 Å². The summed E-state index contributed by atoms with van der Waals surface area (Å²) in [5.41, 5.74) is 4.90. The number of pyridine rings is 1. The van der Waals surface area contributed by atoms with Gasteiger partial charge in [0.2, 0.25) is 0 Å². The number of fused-ring (bicyclic) bond motifs is 1. The number of carbonyl (C=O) groups excluding carboxylic acids is 1. The molecule has 0 bridgehead atoms. The topological polar surface area (TPSA) is 82.5 Å². The smallest absolute Gasteiger partial charge is 0.437 e. The van der Waals surface area contributed by atoms with Crippen molar-refractivity contribution >= 4 is 11.6 Å². The number of halogens is 3. The molecule has 9 heteroatoms. The molecular formula is C14H15F3N4O2. The molecule has 1 aliphatic rings. The summed E-state index contributed by atoms with van der Waals surface area (Å²) < 4.78 is 43.5. The van der Waals surface area contributed by atoms with E-state index in [2.05, 4.69) is 14.9 Å². The maximum atomic E-state index is 12.4. The van der Waals surface area contributed by atoms with Crippen LogP contribution in [0.25, 0.3) is 5.65 Å². The molecule has 2 aromatic rings. The molecule has 124 valence electrons. The standard InChI is InChI=1S/C14H15F3N4O2/c15-14(16,17)12(22)23-13(18)6-3-4-9(8-13)11-20-19-10-5-1-2-7-21(10)11/h1-2,5,7,9H,3-4,6,8,18H2. The Hall–Kier alpha value is -2.16. The van der Waals surface area contributed by atoms with E-state index in [4.69, 9.17) is 5.73 Å². The first-order valence-electron chi connectivity index (χ1n) is 7.17. The highest BCUT2D eigenvalue weighted by Gasteiger charge is 2.47. The second-order valence-electron chi connectivity index (χ2n) is 5.73. The van der Waals surface area contributed by atoms with Gasteiger partial charge in [0.1, 0.15) is 5.82 Å². The summed E-state index contributed by atoms with van der Waals surface area (Å²) in [6.45, 7) is 0. The van der Waals surface area contributed by atoms with Crippen molar-refractivity contribution in [2.75, 3.05) is 0 Å². The Bertz CT molecular complexity index is 730. The number of hydrogen-bond donors (Lipinski definition) is 1. The monoisotopic (exact) mass is 328 g/mol. The Balaban J connectivity index is 1.82. The van der Waals surface area contributed by atoms with E-state index < -0.39 is 17.9 Å². The highest BCUT2D eigenvalue weighted by Crippen LogP contribution is 2.38. The van der Waals surface area contributed by atoms with Gasteiger partial charge in [-0.2, -0.15) is 13.2 Å². The lowest BCUT2D eigenvalue weighted by Crippen LogP contribution is -2.50. The SMILES string of the molecule is NC1(OC(=O)C(F)(F)F)CCCC(c2nnc3ccccn23)C1. The van der Waals surface area contributed by atoms with E-state index in [1.807, 2.05) is 12.1 Å². The molecule has 2 N–H and O–H groups in total. The van der Waals surface area contributed by atoms with Crippen LogP contribution in [0.3, 0.4) is 0 Å². The Labute approximate surface area is 129 Å². The first-order chi connectivity index (χ1) is 10.8. The first-order valence-corrected chi connectivity index (χ1v) is 7.17. The molecule has 2 atom stereocenters. The molecule has 1 fully saturated rings. The van der Waals surface area contributed by atoms with Crippen LogP contribution in [0.4, 0.5) is 13.2 Å². The molecule has 0 saturated heterocycles. The van der Waals surface area contributed by atoms with Crippen molar-refractivity contribution in [3.05, 3.63) is 30.2 Å². The highest BCUT2D eigenvalue weighted by atomic mass is 19.4. The number of carbonyl (C=O) groups is 1. The molecule has 6 nitrogen and oxygen atoms in total. The molecule has 0 spiro atoms. The average molecular weight is 328 g/mol. The lowest BCUT2D eigenvalue weighted by atomic mass is 9.83. The van der Waals surface area contributed by atoms with Gasteiger partial charge in [0.05, 0.1) is 0 Å². The molecule has 2 aromatic heterocycles. The van der Waals surface area contributed by atoms with Crippen LogP contribution in [-0.2, 0) is 9.53 Å². The van der Waals surface area contributed by atoms with Crippen molar-refractivity contribution < 1.29 is 22.7 Å². The van der Waals surface area contributed by atoms with Gasteiger partial charge >= 0.3 is 12.1 Å². The molecule has 0 aromatic carbocycles. The van der Waals surface area contributed by atoms with Gasteiger partial charge < -0.3 is 4.74 Å². The second kappa shape index (κ2) is 5.48. The number of aromatic nitrogens is 3. The third-order valence-electron chi connectivity index (χ3n) is 3.98. The molecule has 23 heavy (non-hydrogen) atoms. The molecule has 3 rings (SSSR count). The first kappa shape index (κ1) is 15.7. The summed E-state index contributed by atoms with van der Waals surface area (Å²) in [4.78, 5) is 11.1. The van der Waals surface area contributed by atoms with Crippen molar-refractivity contribution in [1.82, 2.24) is 14.6 Å². The number of nitrogens with zero attached hydrogens (tertiary/aromatic N) is 3. The van der Waals surface area contributed by atoms with Crippen LogP contribution in [0.5, 0.6) is 0 Å². The fourth-order valence-corrected chi connectivity index (χ4v) is 2.96. The average Bonchev–Trinajstić information content (AvgIpc) is 2.89. The summed E-state index contributed by atoms with van der Waals surface area (Å²) in [6, 6.07) is 5.40. The predicted molar refractivity (Wildman–Crippen MR) is 73.3 cm³/mol. The van der Waals surface area contributed by atoms with E-state index in [1.54, 1.807) is 16.7 Å². The maximum Gasteiger partial charge on any atom is 0.490 e. The number of nitrogens with two attached hydrogens (primary N) is 1. The fourth-order valence-electron chi connectivity index (χ4n) is 2.96. The maximum absolute atomic E-state index is 12.4. The van der Waals surface area contributed by atoms with Crippen LogP contribution in [0.1, 0.15) is 37.4 Å². The van der Waals surface area contributed by atoms with Gasteiger partial charge in [0.15, 0.2) is 11.4 Å². The third kappa shape index (κ3) is 3.14. The molecule has 0 amide bonds. The van der Waals surface area contributed by atoms with Gasteiger partial charge in [-0.1, -0.05) is 6.07 Å². The Morgan fingerprint density at radius 2 is 2.17 bits per heavy atom. The largest absolute Gasteiger partial charge is 0.490 e. The summed E-state index contributed by atoms with van der Waals surface area (Å²) in [7, 11) is 0. The quantitative estimate of drug-likeness (QED) is 0.675. The van der Waals surface area contributed by atoms with Crippen LogP contribution < -0.4 is 5.73 Å². The zero-order valence-electron chi connectivity index (χ0n) is 12.1. The summed E-state index contributed by atoms with van der Waals surface area (Å²) >= 11 is 0. The van der Waals surface area contributed by atoms with Crippen LogP contribution in [0.2, 0.25) is 0 Å². The minimum Gasteiger partial charge on any atom is -0.437 e. The normalized spacial score (nSPS) is 25.5. The second-order valence-corrected chi connectivity index (χ2v) is 5.73. The minimum absolute atomic E-state index is 0.0739. The minimum atomic E-state index is -5.05. The summed E-state index contributed by atoms with van der Waals surface area (Å²) in [5, 5.41) is 8.13. The van der Waals surface area contributed by atoms with Gasteiger partial charge in [0.25, 0.3) is 0 Å². The van der Waals surface area contributed by atoms with Crippen molar-refractivity contribution in [2.24, 2.45) is 5.73 Å². The van der Waals surface area contributed by atoms with Crippen LogP contribution in [0, 0.1) is 0 Å². The van der Waals surface area contributed by atoms with Gasteiger partial charge in [-0.25, -0.2) is 4.79 Å². The van der Waals surface area contributed by atoms with Gasteiger partial charge in [0, 0.05) is 25.0 Å². The highest BCUT2D eigenvalue weighted by molar-refractivity contribution is 5.76. The van der Waals surface area contributed by atoms with Crippen LogP contribution in [-0.4, -0.2) is 32.5 Å². The number of esters is 1.